The third-order valence-electron chi connectivity index (χ3n) is 3.49. The normalized spacial score (nSPS) is 19.2. The van der Waals surface area contributed by atoms with Crippen molar-refractivity contribution >= 4 is 11.6 Å². The van der Waals surface area contributed by atoms with E-state index in [4.69, 9.17) is 11.6 Å². The Kier molecular flexibility index (Phi) is 3.87. The summed E-state index contributed by atoms with van der Waals surface area (Å²) < 4.78 is 39.1. The zero-order chi connectivity index (χ0) is 13.3. The van der Waals surface area contributed by atoms with Gasteiger partial charge in [-0.3, -0.25) is 0 Å². The summed E-state index contributed by atoms with van der Waals surface area (Å²) >= 11 is 5.73. The smallest absolute Gasteiger partial charge is 0.306 e. The first-order valence-electron chi connectivity index (χ1n) is 5.93. The SMILES string of the molecule is CN1CCC(c2cccc(Cl)c2C(F)(F)F)CC1. The number of halogens is 4. The van der Waals surface area contributed by atoms with Crippen LogP contribution in [0, 0.1) is 0 Å². The molecule has 1 fully saturated rings. The monoisotopic (exact) mass is 277 g/mol. The number of piperidine rings is 1. The fourth-order valence-electron chi connectivity index (χ4n) is 2.50. The van der Waals surface area contributed by atoms with Crippen LogP contribution in [0.5, 0.6) is 0 Å². The van der Waals surface area contributed by atoms with Crippen molar-refractivity contribution in [3.63, 3.8) is 0 Å². The zero-order valence-electron chi connectivity index (χ0n) is 10.1. The number of alkyl halides is 3. The Balaban J connectivity index is 2.36. The highest BCUT2D eigenvalue weighted by atomic mass is 35.5. The molecule has 1 aliphatic heterocycles. The van der Waals surface area contributed by atoms with E-state index in [0.29, 0.717) is 5.56 Å². The van der Waals surface area contributed by atoms with Gasteiger partial charge in [0, 0.05) is 0 Å². The first-order chi connectivity index (χ1) is 8.39. The lowest BCUT2D eigenvalue weighted by molar-refractivity contribution is -0.138. The highest BCUT2D eigenvalue weighted by molar-refractivity contribution is 6.31. The Morgan fingerprint density at radius 2 is 1.83 bits per heavy atom. The molecule has 1 nitrogen and oxygen atoms in total. The van der Waals surface area contributed by atoms with E-state index in [2.05, 4.69) is 4.90 Å². The number of benzene rings is 1. The number of nitrogens with zero attached hydrogens (tertiary/aromatic N) is 1. The van der Waals surface area contributed by atoms with Crippen LogP contribution in [0.3, 0.4) is 0 Å². The van der Waals surface area contributed by atoms with Crippen LogP contribution in [0.2, 0.25) is 5.02 Å². The summed E-state index contributed by atoms with van der Waals surface area (Å²) in [6.07, 6.45) is -2.88. The maximum atomic E-state index is 13.0. The first kappa shape index (κ1) is 13.7. The third kappa shape index (κ3) is 2.81. The number of rotatable bonds is 1. The molecule has 0 saturated carbocycles. The Hall–Kier alpha value is -0.740. The average molecular weight is 278 g/mol. The van der Waals surface area contributed by atoms with Gasteiger partial charge in [-0.1, -0.05) is 23.7 Å². The third-order valence-corrected chi connectivity index (χ3v) is 3.80. The Labute approximate surface area is 110 Å². The van der Waals surface area contributed by atoms with Gasteiger partial charge >= 0.3 is 6.18 Å². The Morgan fingerprint density at radius 1 is 1.22 bits per heavy atom. The van der Waals surface area contributed by atoms with Crippen LogP contribution in [-0.2, 0) is 6.18 Å². The van der Waals surface area contributed by atoms with Gasteiger partial charge in [0.25, 0.3) is 0 Å². The molecule has 5 heteroatoms. The molecule has 0 aliphatic carbocycles. The van der Waals surface area contributed by atoms with Crippen LogP contribution in [0.1, 0.15) is 29.9 Å². The van der Waals surface area contributed by atoms with Crippen LogP contribution in [0.4, 0.5) is 13.2 Å². The van der Waals surface area contributed by atoms with Gasteiger partial charge < -0.3 is 4.90 Å². The maximum Gasteiger partial charge on any atom is 0.418 e. The lowest BCUT2D eigenvalue weighted by Gasteiger charge is -2.30. The molecule has 1 aromatic carbocycles. The lowest BCUT2D eigenvalue weighted by Crippen LogP contribution is -2.30. The van der Waals surface area contributed by atoms with Gasteiger partial charge in [-0.15, -0.1) is 0 Å². The van der Waals surface area contributed by atoms with Crippen LogP contribution in [-0.4, -0.2) is 25.0 Å². The van der Waals surface area contributed by atoms with Crippen molar-refractivity contribution in [3.8, 4) is 0 Å². The summed E-state index contributed by atoms with van der Waals surface area (Å²) in [6, 6.07) is 4.47. The molecule has 0 atom stereocenters. The zero-order valence-corrected chi connectivity index (χ0v) is 10.9. The highest BCUT2D eigenvalue weighted by Gasteiger charge is 2.37. The number of hydrogen-bond donors (Lipinski definition) is 0. The molecule has 0 radical (unpaired) electrons. The predicted octanol–water partition coefficient (Wildman–Crippen LogP) is 4.17. The molecule has 18 heavy (non-hydrogen) atoms. The van der Waals surface area contributed by atoms with Crippen molar-refractivity contribution < 1.29 is 13.2 Å². The highest BCUT2D eigenvalue weighted by Crippen LogP contribution is 2.42. The summed E-state index contributed by atoms with van der Waals surface area (Å²) in [5.41, 5.74) is -0.302. The topological polar surface area (TPSA) is 3.24 Å². The van der Waals surface area contributed by atoms with E-state index < -0.39 is 11.7 Å². The molecule has 1 saturated heterocycles. The molecular formula is C13H15ClF3N. The molecule has 0 unspecified atom stereocenters. The van der Waals surface area contributed by atoms with E-state index >= 15 is 0 Å². The van der Waals surface area contributed by atoms with Crippen LogP contribution < -0.4 is 0 Å². The second-order valence-electron chi connectivity index (χ2n) is 4.78. The molecule has 1 aromatic rings. The molecule has 0 aromatic heterocycles. The van der Waals surface area contributed by atoms with Crippen molar-refractivity contribution in [2.45, 2.75) is 24.9 Å². The Bertz CT molecular complexity index is 423. The summed E-state index contributed by atoms with van der Waals surface area (Å²) in [5, 5.41) is -0.195. The largest absolute Gasteiger partial charge is 0.418 e. The minimum Gasteiger partial charge on any atom is -0.306 e. The average Bonchev–Trinajstić information content (AvgIpc) is 2.28. The second-order valence-corrected chi connectivity index (χ2v) is 5.19. The summed E-state index contributed by atoms with van der Waals surface area (Å²) in [4.78, 5) is 2.13. The number of likely N-dealkylation sites (tertiary alicyclic amines) is 1. The van der Waals surface area contributed by atoms with Crippen molar-refractivity contribution in [2.75, 3.05) is 20.1 Å². The van der Waals surface area contributed by atoms with E-state index in [1.54, 1.807) is 12.1 Å². The summed E-state index contributed by atoms with van der Waals surface area (Å²) in [5.74, 6) is -0.0449. The van der Waals surface area contributed by atoms with Gasteiger partial charge in [0.1, 0.15) is 0 Å². The van der Waals surface area contributed by atoms with Crippen LogP contribution in [0.15, 0.2) is 18.2 Å². The quantitative estimate of drug-likeness (QED) is 0.745. The molecule has 1 heterocycles. The van der Waals surface area contributed by atoms with E-state index in [1.807, 2.05) is 7.05 Å². The van der Waals surface area contributed by atoms with Crippen molar-refractivity contribution in [2.24, 2.45) is 0 Å². The van der Waals surface area contributed by atoms with Gasteiger partial charge in [0.15, 0.2) is 0 Å². The van der Waals surface area contributed by atoms with Crippen molar-refractivity contribution in [3.05, 3.63) is 34.3 Å². The van der Waals surface area contributed by atoms with Gasteiger partial charge in [-0.2, -0.15) is 13.2 Å². The van der Waals surface area contributed by atoms with Crippen LogP contribution in [0.25, 0.3) is 0 Å². The molecule has 1 aliphatic rings. The maximum absolute atomic E-state index is 13.0. The van der Waals surface area contributed by atoms with E-state index in [9.17, 15) is 13.2 Å². The van der Waals surface area contributed by atoms with Gasteiger partial charge in [-0.05, 0) is 50.5 Å². The second kappa shape index (κ2) is 5.10. The van der Waals surface area contributed by atoms with E-state index in [1.165, 1.54) is 6.07 Å². The van der Waals surface area contributed by atoms with Crippen LogP contribution >= 0.6 is 11.6 Å². The lowest BCUT2D eigenvalue weighted by atomic mass is 9.86. The first-order valence-corrected chi connectivity index (χ1v) is 6.31. The minimum absolute atomic E-state index is 0.0449. The molecule has 0 bridgehead atoms. The number of hydrogen-bond acceptors (Lipinski definition) is 1. The van der Waals surface area contributed by atoms with E-state index in [0.717, 1.165) is 25.9 Å². The van der Waals surface area contributed by atoms with Gasteiger partial charge in [0.2, 0.25) is 0 Å². The Morgan fingerprint density at radius 3 is 2.39 bits per heavy atom. The fraction of sp³-hybridized carbons (Fsp3) is 0.538. The van der Waals surface area contributed by atoms with Gasteiger partial charge in [0.05, 0.1) is 10.6 Å². The predicted molar refractivity (Wildman–Crippen MR) is 65.9 cm³/mol. The molecule has 100 valence electrons. The van der Waals surface area contributed by atoms with Crippen molar-refractivity contribution in [1.29, 1.82) is 0 Å². The molecule has 2 rings (SSSR count). The summed E-state index contributed by atoms with van der Waals surface area (Å²) in [7, 11) is 1.98. The van der Waals surface area contributed by atoms with Gasteiger partial charge in [-0.25, -0.2) is 0 Å². The molecular weight excluding hydrogens is 263 g/mol. The molecule has 0 amide bonds. The molecule has 0 N–H and O–H groups in total. The molecule has 0 spiro atoms. The van der Waals surface area contributed by atoms with E-state index in [-0.39, 0.29) is 10.9 Å². The fourth-order valence-corrected chi connectivity index (χ4v) is 2.79. The minimum atomic E-state index is -4.38. The van der Waals surface area contributed by atoms with Crippen molar-refractivity contribution in [1.82, 2.24) is 4.90 Å². The summed E-state index contributed by atoms with van der Waals surface area (Å²) in [6.45, 7) is 1.66. The standard InChI is InChI=1S/C13H15ClF3N/c1-18-7-5-9(6-8-18)10-3-2-4-11(14)12(10)13(15,16)17/h2-4,9H,5-8H2,1H3.